The van der Waals surface area contributed by atoms with Crippen LogP contribution >= 0.6 is 0 Å². The lowest BCUT2D eigenvalue weighted by atomic mass is 10.0. The number of carboxylic acids is 1. The molecule has 0 radical (unpaired) electrons. The number of rotatable bonds is 6. The van der Waals surface area contributed by atoms with Gasteiger partial charge in [-0.2, -0.15) is 5.26 Å². The minimum Gasteiger partial charge on any atom is -0.481 e. The maximum absolute atomic E-state index is 11.8. The lowest BCUT2D eigenvalue weighted by Gasteiger charge is -2.41. The minimum absolute atomic E-state index is 0.215. The minimum atomic E-state index is -2.29. The molecule has 0 bridgehead atoms. The monoisotopic (exact) mass is 502 g/mol. The smallest absolute Gasteiger partial charge is 0.305 e. The van der Waals surface area contributed by atoms with Crippen LogP contribution in [0.25, 0.3) is 10.8 Å². The van der Waals surface area contributed by atoms with Crippen molar-refractivity contribution in [2.45, 2.75) is 19.4 Å². The van der Waals surface area contributed by atoms with Gasteiger partial charge in [0.05, 0.1) is 18.1 Å². The number of fused-ring (bicyclic) bond motifs is 1. The Kier molecular flexibility index (Phi) is 7.99. The number of aliphatic carboxylic acids is 1. The molecule has 0 aliphatic carbocycles. The second-order valence-corrected chi connectivity index (χ2v) is 9.41. The summed E-state index contributed by atoms with van der Waals surface area (Å²) >= 11 is -2.29. The number of hydrogen-bond acceptors (Lipinski definition) is 5. The van der Waals surface area contributed by atoms with Crippen LogP contribution in [0, 0.1) is 23.2 Å². The van der Waals surface area contributed by atoms with Crippen molar-refractivity contribution < 1.29 is 18.7 Å². The van der Waals surface area contributed by atoms with Crippen molar-refractivity contribution in [1.29, 1.82) is 5.26 Å². The molecule has 0 spiro atoms. The number of hydrogen-bond donors (Lipinski definition) is 2. The van der Waals surface area contributed by atoms with Crippen LogP contribution < -0.4 is 4.90 Å². The Hall–Kier alpha value is -3.73. The molecular formula is C27H26N4O4S. The molecule has 1 fully saturated rings. The number of nitriles is 1. The maximum Gasteiger partial charge on any atom is 0.305 e. The van der Waals surface area contributed by atoms with E-state index < -0.39 is 23.3 Å². The fraction of sp³-hybridized carbons (Fsp3) is 0.259. The highest BCUT2D eigenvalue weighted by Crippen LogP contribution is 2.21. The number of carboxylic acid groups (broad SMARTS) is 1. The van der Waals surface area contributed by atoms with Crippen molar-refractivity contribution in [2.24, 2.45) is 0 Å². The summed E-state index contributed by atoms with van der Waals surface area (Å²) in [5, 5.41) is 22.0. The molecule has 1 saturated heterocycles. The van der Waals surface area contributed by atoms with E-state index in [0.29, 0.717) is 31.7 Å². The molecule has 0 saturated carbocycles. The predicted octanol–water partition coefficient (Wildman–Crippen LogP) is 3.45. The molecule has 184 valence electrons. The van der Waals surface area contributed by atoms with E-state index in [2.05, 4.69) is 22.8 Å². The number of benzene rings is 3. The first-order chi connectivity index (χ1) is 17.4. The van der Waals surface area contributed by atoms with Gasteiger partial charge >= 0.3 is 5.97 Å². The molecule has 2 atom stereocenters. The largest absolute Gasteiger partial charge is 0.481 e. The van der Waals surface area contributed by atoms with Crippen molar-refractivity contribution in [2.75, 3.05) is 31.1 Å². The zero-order valence-electron chi connectivity index (χ0n) is 19.8. The average molecular weight is 503 g/mol. The molecule has 9 heteroatoms. The summed E-state index contributed by atoms with van der Waals surface area (Å²) in [7, 11) is 0. The third-order valence-electron chi connectivity index (χ3n) is 6.13. The van der Waals surface area contributed by atoms with Gasteiger partial charge in [0.15, 0.2) is 0 Å². The first kappa shape index (κ1) is 25.4. The van der Waals surface area contributed by atoms with Gasteiger partial charge < -0.3 is 10.0 Å². The van der Waals surface area contributed by atoms with E-state index in [-0.39, 0.29) is 6.42 Å². The summed E-state index contributed by atoms with van der Waals surface area (Å²) < 4.78 is 22.8. The van der Waals surface area contributed by atoms with Crippen LogP contribution in [-0.2, 0) is 16.1 Å². The number of nitrogens with zero attached hydrogens (tertiary/aromatic N) is 4. The summed E-state index contributed by atoms with van der Waals surface area (Å²) in [6, 6.07) is 21.1. The Labute approximate surface area is 212 Å². The lowest BCUT2D eigenvalue weighted by Crippen LogP contribution is -2.57. The Morgan fingerprint density at radius 2 is 1.72 bits per heavy atom. The van der Waals surface area contributed by atoms with E-state index in [1.54, 1.807) is 18.0 Å². The van der Waals surface area contributed by atoms with Gasteiger partial charge in [-0.05, 0) is 54.8 Å². The van der Waals surface area contributed by atoms with Crippen LogP contribution in [0.4, 0.5) is 5.69 Å². The molecule has 1 aliphatic rings. The molecule has 2 unspecified atom stereocenters. The molecule has 1 aliphatic heterocycles. The van der Waals surface area contributed by atoms with E-state index in [9.17, 15) is 18.8 Å². The molecule has 0 aromatic heterocycles. The third kappa shape index (κ3) is 5.91. The number of carbonyl (C=O) groups is 1. The van der Waals surface area contributed by atoms with E-state index >= 15 is 0 Å². The fourth-order valence-electron chi connectivity index (χ4n) is 4.36. The number of piperazine rings is 1. The summed E-state index contributed by atoms with van der Waals surface area (Å²) in [5.74, 6) is 5.35. The highest BCUT2D eigenvalue weighted by Gasteiger charge is 2.30. The molecule has 2 N–H and O–H groups in total. The molecular weight excluding hydrogens is 476 g/mol. The topological polar surface area (TPSA) is 108 Å². The summed E-state index contributed by atoms with van der Waals surface area (Å²) in [6.07, 6.45) is -0.215. The first-order valence-corrected chi connectivity index (χ1v) is 12.6. The van der Waals surface area contributed by atoms with E-state index in [0.717, 1.165) is 27.6 Å². The van der Waals surface area contributed by atoms with Gasteiger partial charge in [0.25, 0.3) is 0 Å². The first-order valence-electron chi connectivity index (χ1n) is 11.5. The van der Waals surface area contributed by atoms with E-state index in [4.69, 9.17) is 5.11 Å². The Morgan fingerprint density at radius 1 is 1.06 bits per heavy atom. The van der Waals surface area contributed by atoms with Crippen molar-refractivity contribution in [3.8, 4) is 17.9 Å². The average Bonchev–Trinajstić information content (AvgIpc) is 2.87. The Balaban J connectivity index is 1.41. The standard InChI is InChI=1S/C27H26N4O4S/c1-20(17-27(32)33)31(36(34)35)30-15-13-29(14-16-30)25-11-8-21(9-12-25)5-6-22-7-10-23-3-2-4-24(19-28)26(23)18-22/h2-4,7-12,18,20H,13-17H2,1H3,(H,32,33)(H,34,35). The van der Waals surface area contributed by atoms with Gasteiger partial charge in [-0.15, -0.1) is 4.41 Å². The summed E-state index contributed by atoms with van der Waals surface area (Å²) in [5.41, 5.74) is 3.37. The summed E-state index contributed by atoms with van der Waals surface area (Å²) in [4.78, 5) is 13.2. The molecule has 36 heavy (non-hydrogen) atoms. The second-order valence-electron chi connectivity index (χ2n) is 8.57. The highest BCUT2D eigenvalue weighted by molar-refractivity contribution is 7.76. The highest BCUT2D eigenvalue weighted by atomic mass is 32.2. The SMILES string of the molecule is CC(CC(=O)O)N(N1CCN(c2ccc(C#Cc3ccc4cccc(C#N)c4c3)cc2)CC1)S(=O)O. The quantitative estimate of drug-likeness (QED) is 0.393. The molecule has 4 rings (SSSR count). The Morgan fingerprint density at radius 3 is 2.36 bits per heavy atom. The van der Waals surface area contributed by atoms with Crippen LogP contribution in [0.5, 0.6) is 0 Å². The zero-order valence-corrected chi connectivity index (χ0v) is 20.6. The van der Waals surface area contributed by atoms with Crippen LogP contribution in [0.2, 0.25) is 0 Å². The van der Waals surface area contributed by atoms with Crippen molar-refractivity contribution >= 4 is 33.7 Å². The molecule has 0 amide bonds. The molecule has 3 aromatic rings. The molecule has 1 heterocycles. The van der Waals surface area contributed by atoms with Crippen molar-refractivity contribution in [3.63, 3.8) is 0 Å². The lowest BCUT2D eigenvalue weighted by molar-refractivity contribution is -0.139. The second kappa shape index (κ2) is 11.3. The van der Waals surface area contributed by atoms with Crippen LogP contribution in [0.1, 0.15) is 30.0 Å². The van der Waals surface area contributed by atoms with Gasteiger partial charge in [-0.3, -0.25) is 9.35 Å². The van der Waals surface area contributed by atoms with Gasteiger partial charge in [0.1, 0.15) is 0 Å². The van der Waals surface area contributed by atoms with Crippen LogP contribution in [-0.4, -0.2) is 61.5 Å². The third-order valence-corrected chi connectivity index (χ3v) is 7.04. The van der Waals surface area contributed by atoms with E-state index in [1.165, 1.54) is 4.41 Å². The van der Waals surface area contributed by atoms with Crippen LogP contribution in [0.15, 0.2) is 60.7 Å². The normalized spacial score (nSPS) is 15.7. The Bertz CT molecular complexity index is 1380. The van der Waals surface area contributed by atoms with Crippen molar-refractivity contribution in [1.82, 2.24) is 9.42 Å². The van der Waals surface area contributed by atoms with Gasteiger partial charge in [-0.25, -0.2) is 9.22 Å². The zero-order chi connectivity index (χ0) is 25.7. The van der Waals surface area contributed by atoms with E-state index in [1.807, 2.05) is 54.6 Å². The van der Waals surface area contributed by atoms with Gasteiger partial charge in [0.2, 0.25) is 11.3 Å². The van der Waals surface area contributed by atoms with Crippen molar-refractivity contribution in [3.05, 3.63) is 77.4 Å². The van der Waals surface area contributed by atoms with Gasteiger partial charge in [-0.1, -0.05) is 30.0 Å². The van der Waals surface area contributed by atoms with Crippen LogP contribution in [0.3, 0.4) is 0 Å². The summed E-state index contributed by atoms with van der Waals surface area (Å²) in [6.45, 7) is 3.91. The fourth-order valence-corrected chi connectivity index (χ4v) is 5.10. The molecule has 8 nitrogen and oxygen atoms in total. The number of anilines is 1. The number of hydrazine groups is 1. The molecule has 3 aromatic carbocycles. The maximum atomic E-state index is 11.8. The van der Waals surface area contributed by atoms with Gasteiger partial charge in [0, 0.05) is 54.4 Å². The predicted molar refractivity (Wildman–Crippen MR) is 139 cm³/mol.